The van der Waals surface area contributed by atoms with E-state index in [1.54, 1.807) is 6.92 Å². The summed E-state index contributed by atoms with van der Waals surface area (Å²) >= 11 is 0. The molecule has 4 nitrogen and oxygen atoms in total. The van der Waals surface area contributed by atoms with Gasteiger partial charge in [-0.05, 0) is 19.8 Å². The molecule has 1 N–H and O–H groups in total. The van der Waals surface area contributed by atoms with E-state index in [2.05, 4.69) is 11.9 Å². The molecule has 1 amide bonds. The molecule has 0 spiro atoms. The topological polar surface area (TPSA) is 55.4 Å². The molecular formula is C9H15NO3. The first kappa shape index (κ1) is 11.7. The summed E-state index contributed by atoms with van der Waals surface area (Å²) < 4.78 is 4.83. The smallest absolute Gasteiger partial charge is 0.333 e. The Morgan fingerprint density at radius 2 is 2.23 bits per heavy atom. The van der Waals surface area contributed by atoms with E-state index in [-0.39, 0.29) is 5.97 Å². The highest BCUT2D eigenvalue weighted by atomic mass is 16.5. The molecule has 0 radical (unpaired) electrons. The zero-order chi connectivity index (χ0) is 10.1. The molecule has 0 saturated carbocycles. The number of amides is 1. The molecular weight excluding hydrogens is 170 g/mol. The molecule has 0 rings (SSSR count). The van der Waals surface area contributed by atoms with E-state index in [9.17, 15) is 9.59 Å². The van der Waals surface area contributed by atoms with E-state index in [1.165, 1.54) is 0 Å². The van der Waals surface area contributed by atoms with Crippen LogP contribution < -0.4 is 5.32 Å². The standard InChI is InChI=1S/C9H15NO3/c1-8(2)9(12)13-6-4-3-5-10-7-11/h7H,1,3-6H2,2H3,(H,10,11). The van der Waals surface area contributed by atoms with E-state index >= 15 is 0 Å². The zero-order valence-electron chi connectivity index (χ0n) is 7.84. The third-order valence-electron chi connectivity index (χ3n) is 1.38. The summed E-state index contributed by atoms with van der Waals surface area (Å²) in [6.45, 7) is 6.06. The second-order valence-electron chi connectivity index (χ2n) is 2.70. The Balaban J connectivity index is 3.21. The molecule has 0 aromatic carbocycles. The van der Waals surface area contributed by atoms with Crippen molar-refractivity contribution in [1.82, 2.24) is 5.32 Å². The van der Waals surface area contributed by atoms with Gasteiger partial charge >= 0.3 is 5.97 Å². The molecule has 0 aromatic heterocycles. The fraction of sp³-hybridized carbons (Fsp3) is 0.556. The van der Waals surface area contributed by atoms with Crippen LogP contribution in [0.1, 0.15) is 19.8 Å². The number of ether oxygens (including phenoxy) is 1. The molecule has 0 saturated heterocycles. The van der Waals surface area contributed by atoms with Crippen LogP contribution in [0.4, 0.5) is 0 Å². The Hall–Kier alpha value is -1.32. The zero-order valence-corrected chi connectivity index (χ0v) is 7.84. The maximum Gasteiger partial charge on any atom is 0.333 e. The first-order chi connectivity index (χ1) is 6.18. The van der Waals surface area contributed by atoms with E-state index in [4.69, 9.17) is 4.74 Å². The van der Waals surface area contributed by atoms with E-state index in [0.717, 1.165) is 12.8 Å². The SMILES string of the molecule is C=C(C)C(=O)OCCCCNC=O. The summed E-state index contributed by atoms with van der Waals surface area (Å²) in [6, 6.07) is 0. The molecule has 0 aliphatic rings. The molecule has 0 aliphatic carbocycles. The quantitative estimate of drug-likeness (QED) is 0.274. The predicted octanol–water partition coefficient (Wildman–Crippen LogP) is 0.632. The summed E-state index contributed by atoms with van der Waals surface area (Å²) in [5.41, 5.74) is 0.408. The van der Waals surface area contributed by atoms with Crippen molar-refractivity contribution in [1.29, 1.82) is 0 Å². The van der Waals surface area contributed by atoms with Gasteiger partial charge in [0.05, 0.1) is 6.61 Å². The van der Waals surface area contributed by atoms with Crippen LogP contribution in [0.5, 0.6) is 0 Å². The number of nitrogens with one attached hydrogen (secondary N) is 1. The average Bonchev–Trinajstić information content (AvgIpc) is 2.10. The van der Waals surface area contributed by atoms with Gasteiger partial charge in [-0.15, -0.1) is 0 Å². The van der Waals surface area contributed by atoms with Crippen molar-refractivity contribution >= 4 is 12.4 Å². The van der Waals surface area contributed by atoms with Crippen molar-refractivity contribution in [3.8, 4) is 0 Å². The van der Waals surface area contributed by atoms with Gasteiger partial charge < -0.3 is 10.1 Å². The predicted molar refractivity (Wildman–Crippen MR) is 49.1 cm³/mol. The van der Waals surface area contributed by atoms with E-state index in [0.29, 0.717) is 25.1 Å². The van der Waals surface area contributed by atoms with E-state index in [1.807, 2.05) is 0 Å². The number of carbonyl (C=O) groups excluding carboxylic acids is 2. The van der Waals surface area contributed by atoms with Crippen molar-refractivity contribution in [3.63, 3.8) is 0 Å². The third-order valence-corrected chi connectivity index (χ3v) is 1.38. The van der Waals surface area contributed by atoms with Crippen LogP contribution >= 0.6 is 0 Å². The summed E-state index contributed by atoms with van der Waals surface area (Å²) in [6.07, 6.45) is 2.21. The Kier molecular flexibility index (Phi) is 6.59. The molecule has 0 aromatic rings. The average molecular weight is 185 g/mol. The molecule has 0 fully saturated rings. The van der Waals surface area contributed by atoms with Crippen molar-refractivity contribution < 1.29 is 14.3 Å². The summed E-state index contributed by atoms with van der Waals surface area (Å²) in [5.74, 6) is -0.358. The number of hydrogen-bond donors (Lipinski definition) is 1. The minimum Gasteiger partial charge on any atom is -0.462 e. The van der Waals surface area contributed by atoms with Crippen molar-refractivity contribution in [2.75, 3.05) is 13.2 Å². The lowest BCUT2D eigenvalue weighted by atomic mass is 10.3. The van der Waals surface area contributed by atoms with Gasteiger partial charge in [-0.1, -0.05) is 6.58 Å². The lowest BCUT2D eigenvalue weighted by Crippen LogP contribution is -2.13. The van der Waals surface area contributed by atoms with Gasteiger partial charge in [0.15, 0.2) is 0 Å². The first-order valence-corrected chi connectivity index (χ1v) is 4.18. The van der Waals surface area contributed by atoms with Crippen LogP contribution in [0.2, 0.25) is 0 Å². The van der Waals surface area contributed by atoms with Gasteiger partial charge in [0.25, 0.3) is 0 Å². The molecule has 0 heterocycles. The second kappa shape index (κ2) is 7.34. The number of carbonyl (C=O) groups is 2. The largest absolute Gasteiger partial charge is 0.462 e. The normalized spacial score (nSPS) is 9.00. The maximum absolute atomic E-state index is 10.8. The molecule has 0 bridgehead atoms. The van der Waals surface area contributed by atoms with Gasteiger partial charge in [-0.2, -0.15) is 0 Å². The fourth-order valence-corrected chi connectivity index (χ4v) is 0.676. The molecule has 0 aliphatic heterocycles. The maximum atomic E-state index is 10.8. The van der Waals surface area contributed by atoms with Crippen LogP contribution in [0.25, 0.3) is 0 Å². The van der Waals surface area contributed by atoms with Gasteiger partial charge in [0.1, 0.15) is 0 Å². The van der Waals surface area contributed by atoms with Gasteiger partial charge in [-0.3, -0.25) is 4.79 Å². The molecule has 4 heteroatoms. The van der Waals surface area contributed by atoms with E-state index < -0.39 is 0 Å². The Labute approximate surface area is 78.0 Å². The van der Waals surface area contributed by atoms with Crippen LogP contribution in [0, 0.1) is 0 Å². The second-order valence-corrected chi connectivity index (χ2v) is 2.70. The van der Waals surface area contributed by atoms with Crippen LogP contribution in [0.15, 0.2) is 12.2 Å². The van der Waals surface area contributed by atoms with Gasteiger partial charge in [0.2, 0.25) is 6.41 Å². The lowest BCUT2D eigenvalue weighted by molar-refractivity contribution is -0.139. The van der Waals surface area contributed by atoms with Crippen molar-refractivity contribution in [2.45, 2.75) is 19.8 Å². The Bertz CT molecular complexity index is 189. The Morgan fingerprint density at radius 3 is 2.77 bits per heavy atom. The number of hydrogen-bond acceptors (Lipinski definition) is 3. The van der Waals surface area contributed by atoms with Gasteiger partial charge in [0, 0.05) is 12.1 Å². The minimum atomic E-state index is -0.358. The van der Waals surface area contributed by atoms with Gasteiger partial charge in [-0.25, -0.2) is 4.79 Å². The highest BCUT2D eigenvalue weighted by Crippen LogP contribution is 1.94. The lowest BCUT2D eigenvalue weighted by Gasteiger charge is -2.03. The van der Waals surface area contributed by atoms with Crippen LogP contribution in [0.3, 0.4) is 0 Å². The summed E-state index contributed by atoms with van der Waals surface area (Å²) in [7, 11) is 0. The van der Waals surface area contributed by atoms with Crippen molar-refractivity contribution in [3.05, 3.63) is 12.2 Å². The molecule has 13 heavy (non-hydrogen) atoms. The number of esters is 1. The molecule has 74 valence electrons. The number of unbranched alkanes of at least 4 members (excludes halogenated alkanes) is 1. The fourth-order valence-electron chi connectivity index (χ4n) is 0.676. The minimum absolute atomic E-state index is 0.358. The highest BCUT2D eigenvalue weighted by Gasteiger charge is 2.01. The monoisotopic (exact) mass is 185 g/mol. The summed E-state index contributed by atoms with van der Waals surface area (Å²) in [4.78, 5) is 20.7. The highest BCUT2D eigenvalue weighted by molar-refractivity contribution is 5.86. The third kappa shape index (κ3) is 7.05. The number of rotatable bonds is 7. The van der Waals surface area contributed by atoms with Crippen LogP contribution in [-0.2, 0) is 14.3 Å². The van der Waals surface area contributed by atoms with Crippen molar-refractivity contribution in [2.24, 2.45) is 0 Å². The molecule has 0 unspecified atom stereocenters. The van der Waals surface area contributed by atoms with Crippen LogP contribution in [-0.4, -0.2) is 25.5 Å². The summed E-state index contributed by atoms with van der Waals surface area (Å²) in [5, 5.41) is 2.52. The molecule has 0 atom stereocenters. The Morgan fingerprint density at radius 1 is 1.54 bits per heavy atom. The first-order valence-electron chi connectivity index (χ1n) is 4.18.